The molecule has 0 saturated heterocycles. The first kappa shape index (κ1) is 8.51. The zero-order valence-electron chi connectivity index (χ0n) is 5.50. The Labute approximate surface area is 62.3 Å². The highest BCUT2D eigenvalue weighted by Crippen LogP contribution is 1.96. The van der Waals surface area contributed by atoms with Gasteiger partial charge in [-0.3, -0.25) is 0 Å². The Bertz CT molecular complexity index is 146. The SMILES string of the molecule is CCc1ccccc1.Cl. The Morgan fingerprint density at radius 3 is 2.00 bits per heavy atom. The first-order valence-corrected chi connectivity index (χ1v) is 2.97. The fourth-order valence-electron chi connectivity index (χ4n) is 0.714. The molecule has 0 amide bonds. The van der Waals surface area contributed by atoms with Crippen molar-refractivity contribution in [1.29, 1.82) is 0 Å². The van der Waals surface area contributed by atoms with Gasteiger partial charge in [0.2, 0.25) is 0 Å². The highest BCUT2D eigenvalue weighted by molar-refractivity contribution is 5.85. The Balaban J connectivity index is 0.000000640. The van der Waals surface area contributed by atoms with Crippen LogP contribution in [0.3, 0.4) is 0 Å². The van der Waals surface area contributed by atoms with Gasteiger partial charge in [-0.15, -0.1) is 12.4 Å². The number of benzene rings is 1. The Hall–Kier alpha value is -0.490. The average Bonchev–Trinajstić information content (AvgIpc) is 1.90. The molecule has 1 aromatic carbocycles. The minimum Gasteiger partial charge on any atom is -0.147 e. The van der Waals surface area contributed by atoms with Gasteiger partial charge in [-0.1, -0.05) is 37.3 Å². The Morgan fingerprint density at radius 2 is 1.67 bits per heavy atom. The van der Waals surface area contributed by atoms with E-state index in [1.165, 1.54) is 5.56 Å². The minimum atomic E-state index is 0. The lowest BCUT2D eigenvalue weighted by atomic mass is 10.2. The van der Waals surface area contributed by atoms with Crippen molar-refractivity contribution in [3.05, 3.63) is 35.9 Å². The third kappa shape index (κ3) is 2.52. The third-order valence-electron chi connectivity index (χ3n) is 1.25. The molecule has 0 aliphatic rings. The largest absolute Gasteiger partial charge is 0.147 e. The summed E-state index contributed by atoms with van der Waals surface area (Å²) in [4.78, 5) is 0. The fraction of sp³-hybridized carbons (Fsp3) is 0.250. The number of hydrogen-bond donors (Lipinski definition) is 0. The maximum Gasteiger partial charge on any atom is -0.0307 e. The summed E-state index contributed by atoms with van der Waals surface area (Å²) < 4.78 is 0. The monoisotopic (exact) mass is 142 g/mol. The maximum absolute atomic E-state index is 2.16. The molecule has 1 heteroatoms. The molecule has 0 bridgehead atoms. The first-order chi connectivity index (χ1) is 3.93. The summed E-state index contributed by atoms with van der Waals surface area (Å²) in [6, 6.07) is 10.5. The smallest absolute Gasteiger partial charge is 0.0307 e. The van der Waals surface area contributed by atoms with E-state index in [4.69, 9.17) is 0 Å². The molecule has 0 nitrogen and oxygen atoms in total. The molecule has 50 valence electrons. The topological polar surface area (TPSA) is 0 Å². The molecular formula is C8H11Cl. The zero-order valence-corrected chi connectivity index (χ0v) is 6.32. The van der Waals surface area contributed by atoms with Gasteiger partial charge in [0, 0.05) is 0 Å². The summed E-state index contributed by atoms with van der Waals surface area (Å²) >= 11 is 0. The van der Waals surface area contributed by atoms with E-state index in [1.807, 2.05) is 6.07 Å². The molecule has 0 aromatic heterocycles. The second kappa shape index (κ2) is 4.39. The normalized spacial score (nSPS) is 8.11. The van der Waals surface area contributed by atoms with E-state index in [-0.39, 0.29) is 12.4 Å². The van der Waals surface area contributed by atoms with Crippen LogP contribution in [0.5, 0.6) is 0 Å². The molecule has 0 radical (unpaired) electrons. The van der Waals surface area contributed by atoms with E-state index < -0.39 is 0 Å². The Kier molecular flexibility index (Phi) is 4.16. The quantitative estimate of drug-likeness (QED) is 0.566. The molecule has 0 fully saturated rings. The summed E-state index contributed by atoms with van der Waals surface area (Å²) in [5, 5.41) is 0. The lowest BCUT2D eigenvalue weighted by molar-refractivity contribution is 1.14. The van der Waals surface area contributed by atoms with Gasteiger partial charge < -0.3 is 0 Å². The zero-order chi connectivity index (χ0) is 5.82. The van der Waals surface area contributed by atoms with Crippen LogP contribution in [-0.4, -0.2) is 0 Å². The van der Waals surface area contributed by atoms with Gasteiger partial charge in [0.05, 0.1) is 0 Å². The van der Waals surface area contributed by atoms with Crippen molar-refractivity contribution >= 4 is 12.4 Å². The van der Waals surface area contributed by atoms with Crippen molar-refractivity contribution in [2.45, 2.75) is 13.3 Å². The van der Waals surface area contributed by atoms with E-state index in [9.17, 15) is 0 Å². The highest BCUT2D eigenvalue weighted by Gasteiger charge is 1.79. The second-order valence-electron chi connectivity index (χ2n) is 1.84. The van der Waals surface area contributed by atoms with E-state index in [2.05, 4.69) is 31.2 Å². The van der Waals surface area contributed by atoms with Crippen molar-refractivity contribution in [3.8, 4) is 0 Å². The van der Waals surface area contributed by atoms with Gasteiger partial charge in [0.1, 0.15) is 0 Å². The summed E-state index contributed by atoms with van der Waals surface area (Å²) in [6.07, 6.45) is 1.14. The van der Waals surface area contributed by atoms with Crippen LogP contribution < -0.4 is 0 Å². The molecule has 0 spiro atoms. The molecule has 0 aliphatic heterocycles. The molecule has 0 atom stereocenters. The lowest BCUT2D eigenvalue weighted by Gasteiger charge is -1.89. The van der Waals surface area contributed by atoms with Crippen LogP contribution >= 0.6 is 12.4 Å². The van der Waals surface area contributed by atoms with Gasteiger partial charge in [-0.05, 0) is 12.0 Å². The summed E-state index contributed by atoms with van der Waals surface area (Å²) in [5.74, 6) is 0. The second-order valence-corrected chi connectivity index (χ2v) is 1.84. The molecule has 1 aromatic rings. The van der Waals surface area contributed by atoms with Crippen molar-refractivity contribution < 1.29 is 0 Å². The molecule has 9 heavy (non-hydrogen) atoms. The van der Waals surface area contributed by atoms with E-state index >= 15 is 0 Å². The molecule has 0 saturated carbocycles. The van der Waals surface area contributed by atoms with Gasteiger partial charge in [-0.2, -0.15) is 0 Å². The minimum absolute atomic E-state index is 0. The van der Waals surface area contributed by atoms with Crippen LogP contribution in [0.2, 0.25) is 0 Å². The lowest BCUT2D eigenvalue weighted by Crippen LogP contribution is -1.73. The first-order valence-electron chi connectivity index (χ1n) is 2.97. The van der Waals surface area contributed by atoms with Crippen LogP contribution in [0.1, 0.15) is 12.5 Å². The summed E-state index contributed by atoms with van der Waals surface area (Å²) in [7, 11) is 0. The molecule has 0 N–H and O–H groups in total. The van der Waals surface area contributed by atoms with Crippen LogP contribution in [0.25, 0.3) is 0 Å². The number of aryl methyl sites for hydroxylation is 1. The predicted octanol–water partition coefficient (Wildman–Crippen LogP) is 2.67. The average molecular weight is 143 g/mol. The van der Waals surface area contributed by atoms with Crippen molar-refractivity contribution in [3.63, 3.8) is 0 Å². The molecule has 1 rings (SSSR count). The van der Waals surface area contributed by atoms with Crippen LogP contribution in [0, 0.1) is 0 Å². The van der Waals surface area contributed by atoms with Gasteiger partial charge in [0.15, 0.2) is 0 Å². The van der Waals surface area contributed by atoms with Gasteiger partial charge >= 0.3 is 0 Å². The predicted molar refractivity (Wildman–Crippen MR) is 43.1 cm³/mol. The Morgan fingerprint density at radius 1 is 1.11 bits per heavy atom. The molecule has 0 unspecified atom stereocenters. The summed E-state index contributed by atoms with van der Waals surface area (Å²) in [6.45, 7) is 2.16. The molecule has 0 heterocycles. The van der Waals surface area contributed by atoms with Crippen LogP contribution in [0.4, 0.5) is 0 Å². The third-order valence-corrected chi connectivity index (χ3v) is 1.25. The maximum atomic E-state index is 2.16. The van der Waals surface area contributed by atoms with Gasteiger partial charge in [-0.25, -0.2) is 0 Å². The van der Waals surface area contributed by atoms with Crippen molar-refractivity contribution in [1.82, 2.24) is 0 Å². The standard InChI is InChI=1S/C8H10.ClH/c1-2-8-6-4-3-5-7-8;/h3-7H,2H2,1H3;1H. The van der Waals surface area contributed by atoms with Crippen LogP contribution in [-0.2, 0) is 6.42 Å². The van der Waals surface area contributed by atoms with E-state index in [1.54, 1.807) is 0 Å². The van der Waals surface area contributed by atoms with Crippen LogP contribution in [0.15, 0.2) is 30.3 Å². The van der Waals surface area contributed by atoms with Gasteiger partial charge in [0.25, 0.3) is 0 Å². The molecule has 0 aliphatic carbocycles. The van der Waals surface area contributed by atoms with Crippen molar-refractivity contribution in [2.24, 2.45) is 0 Å². The van der Waals surface area contributed by atoms with E-state index in [0.29, 0.717) is 0 Å². The number of hydrogen-bond acceptors (Lipinski definition) is 0. The number of rotatable bonds is 1. The number of halogens is 1. The summed E-state index contributed by atoms with van der Waals surface area (Å²) in [5.41, 5.74) is 1.41. The molecular weight excluding hydrogens is 132 g/mol. The van der Waals surface area contributed by atoms with E-state index in [0.717, 1.165) is 6.42 Å². The van der Waals surface area contributed by atoms with Crippen molar-refractivity contribution in [2.75, 3.05) is 0 Å². The fourth-order valence-corrected chi connectivity index (χ4v) is 0.714. The highest BCUT2D eigenvalue weighted by atomic mass is 35.5.